The van der Waals surface area contributed by atoms with Gasteiger partial charge in [0.15, 0.2) is 0 Å². The average Bonchev–Trinajstić information content (AvgIpc) is 2.87. The first-order valence-electron chi connectivity index (χ1n) is 9.54. The predicted molar refractivity (Wildman–Crippen MR) is 98.6 cm³/mol. The van der Waals surface area contributed by atoms with Crippen molar-refractivity contribution in [1.82, 2.24) is 0 Å². The fourth-order valence-corrected chi connectivity index (χ4v) is 2.01. The predicted octanol–water partition coefficient (Wildman–Crippen LogP) is 8.40. The van der Waals surface area contributed by atoms with Crippen molar-refractivity contribution in [2.45, 2.75) is 126 Å². The van der Waals surface area contributed by atoms with Crippen LogP contribution in [0.3, 0.4) is 0 Å². The molecule has 1 aliphatic rings. The zero-order valence-corrected chi connectivity index (χ0v) is 16.3. The quantitative estimate of drug-likeness (QED) is 0.445. The number of unbranched alkanes of at least 4 members (excludes halogenated alkanes) is 5. The van der Waals surface area contributed by atoms with Gasteiger partial charge in [0, 0.05) is 0 Å². The molecule has 126 valence electrons. The summed E-state index contributed by atoms with van der Waals surface area (Å²) in [6.45, 7) is 17.6. The molecular formula is C20H46. The molecule has 0 saturated heterocycles. The molecule has 0 unspecified atom stereocenters. The monoisotopic (exact) mass is 286 g/mol. The van der Waals surface area contributed by atoms with E-state index in [-0.39, 0.29) is 0 Å². The Morgan fingerprint density at radius 2 is 0.950 bits per heavy atom. The molecule has 0 aliphatic heterocycles. The van der Waals surface area contributed by atoms with E-state index in [0.29, 0.717) is 5.41 Å². The van der Waals surface area contributed by atoms with E-state index >= 15 is 0 Å². The van der Waals surface area contributed by atoms with Crippen LogP contribution < -0.4 is 0 Å². The molecule has 0 nitrogen and oxygen atoms in total. The first kappa shape index (κ1) is 25.0. The highest BCUT2D eigenvalue weighted by Crippen LogP contribution is 2.36. The maximum absolute atomic E-state index is 2.36. The van der Waals surface area contributed by atoms with Gasteiger partial charge < -0.3 is 0 Å². The number of rotatable bonds is 5. The highest BCUT2D eigenvalue weighted by atomic mass is 14.3. The minimum absolute atomic E-state index is 0.694. The summed E-state index contributed by atoms with van der Waals surface area (Å²) in [4.78, 5) is 0. The van der Waals surface area contributed by atoms with Crippen LogP contribution in [0.4, 0.5) is 0 Å². The van der Waals surface area contributed by atoms with Crippen LogP contribution >= 0.6 is 0 Å². The summed E-state index contributed by atoms with van der Waals surface area (Å²) in [5, 5.41) is 0. The van der Waals surface area contributed by atoms with Gasteiger partial charge in [0.2, 0.25) is 0 Å². The third-order valence-electron chi connectivity index (χ3n) is 3.66. The minimum atomic E-state index is 0.694. The van der Waals surface area contributed by atoms with Crippen LogP contribution in [0.1, 0.15) is 126 Å². The Morgan fingerprint density at radius 1 is 0.600 bits per heavy atom. The molecule has 0 aromatic rings. The molecule has 0 aromatic heterocycles. The maximum Gasteiger partial charge on any atom is -0.0354 e. The van der Waals surface area contributed by atoms with Crippen molar-refractivity contribution < 1.29 is 0 Å². The Balaban J connectivity index is -0.000000211. The molecule has 0 bridgehead atoms. The van der Waals surface area contributed by atoms with Crippen molar-refractivity contribution >= 4 is 0 Å². The summed E-state index contributed by atoms with van der Waals surface area (Å²) in [5.41, 5.74) is 0.694. The summed E-state index contributed by atoms with van der Waals surface area (Å²) >= 11 is 0. The zero-order chi connectivity index (χ0) is 16.3. The second-order valence-electron chi connectivity index (χ2n) is 6.43. The van der Waals surface area contributed by atoms with Crippen LogP contribution in [0, 0.1) is 5.41 Å². The van der Waals surface area contributed by atoms with Gasteiger partial charge in [0.25, 0.3) is 0 Å². The number of hydrogen-bond donors (Lipinski definition) is 0. The second-order valence-corrected chi connectivity index (χ2v) is 6.43. The van der Waals surface area contributed by atoms with E-state index in [1.165, 1.54) is 70.6 Å². The Labute approximate surface area is 132 Å². The molecule has 0 spiro atoms. The summed E-state index contributed by atoms with van der Waals surface area (Å²) in [7, 11) is 0. The topological polar surface area (TPSA) is 0 Å². The first-order valence-corrected chi connectivity index (χ1v) is 9.54. The molecule has 1 saturated carbocycles. The van der Waals surface area contributed by atoms with Gasteiger partial charge in [0.05, 0.1) is 0 Å². The van der Waals surface area contributed by atoms with E-state index in [9.17, 15) is 0 Å². The molecule has 0 atom stereocenters. The van der Waals surface area contributed by atoms with Gasteiger partial charge in [-0.1, -0.05) is 113 Å². The molecule has 0 aromatic carbocycles. The lowest BCUT2D eigenvalue weighted by molar-refractivity contribution is 0.382. The third-order valence-corrected chi connectivity index (χ3v) is 3.66. The van der Waals surface area contributed by atoms with E-state index in [1.807, 2.05) is 13.8 Å². The molecule has 0 amide bonds. The largest absolute Gasteiger partial charge is 0.0683 e. The Kier molecular flexibility index (Phi) is 26.6. The molecule has 1 fully saturated rings. The van der Waals surface area contributed by atoms with E-state index in [0.717, 1.165) is 0 Å². The molecule has 0 heteroatoms. The molecule has 0 heterocycles. The lowest BCUT2D eigenvalue weighted by Gasteiger charge is -2.13. The average molecular weight is 287 g/mol. The van der Waals surface area contributed by atoms with Crippen LogP contribution in [0.15, 0.2) is 0 Å². The van der Waals surface area contributed by atoms with Gasteiger partial charge >= 0.3 is 0 Å². The molecule has 1 aliphatic carbocycles. The van der Waals surface area contributed by atoms with E-state index in [1.54, 1.807) is 0 Å². The van der Waals surface area contributed by atoms with Gasteiger partial charge in [0.1, 0.15) is 0 Å². The van der Waals surface area contributed by atoms with Gasteiger partial charge in [-0.3, -0.25) is 0 Å². The van der Waals surface area contributed by atoms with Crippen molar-refractivity contribution in [3.8, 4) is 0 Å². The fourth-order valence-electron chi connectivity index (χ4n) is 2.01. The summed E-state index contributed by atoms with van der Waals surface area (Å²) < 4.78 is 0. The Morgan fingerprint density at radius 3 is 1.10 bits per heavy atom. The summed E-state index contributed by atoms with van der Waals surface area (Å²) in [6.07, 6.45) is 15.5. The molecule has 1 rings (SSSR count). The Bertz CT molecular complexity index is 121. The van der Waals surface area contributed by atoms with Crippen molar-refractivity contribution in [3.63, 3.8) is 0 Å². The van der Waals surface area contributed by atoms with Gasteiger partial charge in [-0.15, -0.1) is 0 Å². The van der Waals surface area contributed by atoms with Crippen molar-refractivity contribution in [1.29, 1.82) is 0 Å². The van der Waals surface area contributed by atoms with Crippen LogP contribution in [0.25, 0.3) is 0 Å². The first-order chi connectivity index (χ1) is 9.54. The third kappa shape index (κ3) is 26.5. The second kappa shape index (κ2) is 21.3. The van der Waals surface area contributed by atoms with Gasteiger partial charge in [-0.25, -0.2) is 0 Å². The number of hydrogen-bond acceptors (Lipinski definition) is 0. The summed E-state index contributed by atoms with van der Waals surface area (Å²) in [5.74, 6) is 0. The smallest absolute Gasteiger partial charge is 0.0354 e. The molecule has 0 N–H and O–H groups in total. The van der Waals surface area contributed by atoms with E-state index in [4.69, 9.17) is 0 Å². The lowest BCUT2D eigenvalue weighted by Crippen LogP contribution is -2.01. The normalized spacial score (nSPS) is 15.0. The van der Waals surface area contributed by atoms with E-state index < -0.39 is 0 Å². The standard InChI is InChI=1S/C7H14.C7H16.C4H10.C2H6/c1-7(2)5-3-4-6-7;1-3-5-7-6-4-2;1-3-4-2;1-2/h3-6H2,1-2H3;3-7H2,1-2H3;3-4H2,1-2H3;1-2H3. The van der Waals surface area contributed by atoms with Crippen LogP contribution in [0.5, 0.6) is 0 Å². The van der Waals surface area contributed by atoms with Crippen LogP contribution in [-0.2, 0) is 0 Å². The maximum atomic E-state index is 2.36. The van der Waals surface area contributed by atoms with Crippen molar-refractivity contribution in [2.75, 3.05) is 0 Å². The molecular weight excluding hydrogens is 240 g/mol. The van der Waals surface area contributed by atoms with Crippen LogP contribution in [0.2, 0.25) is 0 Å². The highest BCUT2D eigenvalue weighted by Gasteiger charge is 2.21. The van der Waals surface area contributed by atoms with Crippen molar-refractivity contribution in [2.24, 2.45) is 5.41 Å². The lowest BCUT2D eigenvalue weighted by atomic mass is 9.92. The summed E-state index contributed by atoms with van der Waals surface area (Å²) in [6, 6.07) is 0. The Hall–Kier alpha value is 0. The molecule has 0 radical (unpaired) electrons. The molecule has 20 heavy (non-hydrogen) atoms. The van der Waals surface area contributed by atoms with E-state index in [2.05, 4.69) is 41.5 Å². The fraction of sp³-hybridized carbons (Fsp3) is 1.00. The SMILES string of the molecule is CC.CC1(C)CCCC1.CCCC.CCCCCCC. The van der Waals surface area contributed by atoms with Gasteiger partial charge in [-0.05, 0) is 18.3 Å². The minimum Gasteiger partial charge on any atom is -0.0683 e. The highest BCUT2D eigenvalue weighted by molar-refractivity contribution is 4.74. The van der Waals surface area contributed by atoms with Crippen molar-refractivity contribution in [3.05, 3.63) is 0 Å². The van der Waals surface area contributed by atoms with Crippen LogP contribution in [-0.4, -0.2) is 0 Å². The van der Waals surface area contributed by atoms with Gasteiger partial charge in [-0.2, -0.15) is 0 Å². The zero-order valence-electron chi connectivity index (χ0n) is 16.3.